The molecule has 5 N–H and O–H groups in total. The minimum atomic E-state index is -1.10. The van der Waals surface area contributed by atoms with Gasteiger partial charge in [0, 0.05) is 12.0 Å². The number of carbonyl (C=O) groups excluding carboxylic acids is 6. The number of nitrogens with zero attached hydrogens (tertiary/aromatic N) is 1. The van der Waals surface area contributed by atoms with Crippen molar-refractivity contribution in [2.75, 3.05) is 6.54 Å². The van der Waals surface area contributed by atoms with E-state index in [1.807, 2.05) is 48.5 Å². The highest BCUT2D eigenvalue weighted by atomic mass is 16.2. The van der Waals surface area contributed by atoms with E-state index in [0.717, 1.165) is 12.8 Å². The van der Waals surface area contributed by atoms with Crippen LogP contribution in [-0.2, 0) is 24.0 Å². The summed E-state index contributed by atoms with van der Waals surface area (Å²) in [4.78, 5) is 79.9. The van der Waals surface area contributed by atoms with E-state index >= 15 is 0 Å². The lowest BCUT2D eigenvalue weighted by Crippen LogP contribution is -2.62. The molecule has 0 radical (unpaired) electrons. The number of hydrogen-bond acceptors (Lipinski definition) is 6. The first-order chi connectivity index (χ1) is 19.2. The van der Waals surface area contributed by atoms with Gasteiger partial charge < -0.3 is 26.6 Å². The molecule has 0 bridgehead atoms. The Labute approximate surface area is 250 Å². The Morgan fingerprint density at radius 1 is 0.857 bits per heavy atom. The molecule has 0 aromatic rings. The monoisotopic (exact) mass is 591 g/mol. The van der Waals surface area contributed by atoms with Crippen LogP contribution in [0.5, 0.6) is 0 Å². The van der Waals surface area contributed by atoms with E-state index in [9.17, 15) is 28.8 Å². The Morgan fingerprint density at radius 3 is 1.86 bits per heavy atom. The van der Waals surface area contributed by atoms with Crippen LogP contribution in [0.1, 0.15) is 94.9 Å². The molecule has 42 heavy (non-hydrogen) atoms. The average molecular weight is 592 g/mol. The van der Waals surface area contributed by atoms with Crippen molar-refractivity contribution >= 4 is 35.3 Å². The quantitative estimate of drug-likeness (QED) is 0.254. The van der Waals surface area contributed by atoms with Crippen molar-refractivity contribution < 1.29 is 28.8 Å². The summed E-state index contributed by atoms with van der Waals surface area (Å²) in [7, 11) is 0. The van der Waals surface area contributed by atoms with Crippen molar-refractivity contribution in [3.63, 3.8) is 0 Å². The second-order valence-electron chi connectivity index (χ2n) is 14.9. The lowest BCUT2D eigenvalue weighted by Gasteiger charge is -2.37. The van der Waals surface area contributed by atoms with E-state index in [1.54, 1.807) is 20.8 Å². The third-order valence-electron chi connectivity index (χ3n) is 8.36. The molecule has 2 aliphatic rings. The molecule has 0 aromatic heterocycles. The summed E-state index contributed by atoms with van der Waals surface area (Å²) in [6.45, 7) is 18.8. The predicted octanol–water partition coefficient (Wildman–Crippen LogP) is 2.55. The van der Waals surface area contributed by atoms with E-state index in [1.165, 1.54) is 4.90 Å². The lowest BCUT2D eigenvalue weighted by molar-refractivity contribution is -0.144. The number of ketones is 2. The number of nitrogens with two attached hydrogens (primary N) is 1. The SMILES string of the molecule is CC(C)[C@H](NC(=O)N[C@H](C(=O)N1CC[C@H](C(C)C)[C@H]1C(=O)NC(CC1CC1)C(=O)C(N)=O)C(C)(C)C)C(=O)C(C)(C)C. The van der Waals surface area contributed by atoms with Gasteiger partial charge in [-0.05, 0) is 41.9 Å². The van der Waals surface area contributed by atoms with Gasteiger partial charge in [0.25, 0.3) is 5.91 Å². The molecule has 11 heteroatoms. The molecular formula is C31H53N5O6. The van der Waals surface area contributed by atoms with Crippen molar-refractivity contribution in [1.82, 2.24) is 20.9 Å². The topological polar surface area (TPSA) is 168 Å². The molecule has 11 nitrogen and oxygen atoms in total. The molecule has 0 aromatic carbocycles. The molecule has 5 amide bonds. The first-order valence-corrected chi connectivity index (χ1v) is 15.2. The van der Waals surface area contributed by atoms with Crippen LogP contribution in [0.2, 0.25) is 0 Å². The van der Waals surface area contributed by atoms with Crippen LogP contribution in [0.3, 0.4) is 0 Å². The fourth-order valence-electron chi connectivity index (χ4n) is 5.57. The van der Waals surface area contributed by atoms with Crippen LogP contribution < -0.4 is 21.7 Å². The fourth-order valence-corrected chi connectivity index (χ4v) is 5.57. The number of likely N-dealkylation sites (tertiary alicyclic amines) is 1. The highest BCUT2D eigenvalue weighted by molar-refractivity contribution is 6.37. The van der Waals surface area contributed by atoms with Crippen LogP contribution in [0.4, 0.5) is 4.79 Å². The van der Waals surface area contributed by atoms with E-state index in [-0.39, 0.29) is 29.5 Å². The van der Waals surface area contributed by atoms with E-state index < -0.39 is 64.5 Å². The fraction of sp³-hybridized carbons (Fsp3) is 0.806. The summed E-state index contributed by atoms with van der Waals surface area (Å²) in [5.41, 5.74) is 3.87. The normalized spacial score (nSPS) is 21.5. The first-order valence-electron chi connectivity index (χ1n) is 15.2. The van der Waals surface area contributed by atoms with Crippen molar-refractivity contribution in [3.05, 3.63) is 0 Å². The summed E-state index contributed by atoms with van der Waals surface area (Å²) in [5.74, 6) is -3.07. The van der Waals surface area contributed by atoms with Crippen LogP contribution in [0.15, 0.2) is 0 Å². The Hall–Kier alpha value is -2.98. The molecule has 238 valence electrons. The molecule has 2 fully saturated rings. The number of primary amides is 1. The van der Waals surface area contributed by atoms with Crippen LogP contribution in [0.25, 0.3) is 0 Å². The number of Topliss-reactive ketones (excluding diaryl/α,β-unsaturated/α-hetero) is 2. The highest BCUT2D eigenvalue weighted by Gasteiger charge is 2.48. The van der Waals surface area contributed by atoms with Gasteiger partial charge in [0.05, 0.1) is 12.1 Å². The molecule has 1 unspecified atom stereocenters. The van der Waals surface area contributed by atoms with Crippen molar-refractivity contribution in [1.29, 1.82) is 0 Å². The zero-order valence-electron chi connectivity index (χ0n) is 27.1. The molecule has 1 aliphatic heterocycles. The molecule has 5 atom stereocenters. The van der Waals surface area contributed by atoms with Crippen molar-refractivity contribution in [3.8, 4) is 0 Å². The number of amides is 5. The van der Waals surface area contributed by atoms with Crippen LogP contribution in [0, 0.1) is 34.5 Å². The summed E-state index contributed by atoms with van der Waals surface area (Å²) >= 11 is 0. The summed E-state index contributed by atoms with van der Waals surface area (Å²) in [6.07, 6.45) is 2.73. The minimum Gasteiger partial charge on any atom is -0.363 e. The maximum Gasteiger partial charge on any atom is 0.316 e. The maximum atomic E-state index is 14.1. The molecular weight excluding hydrogens is 538 g/mol. The standard InChI is InChI=1S/C31H53N5O6/c1-16(2)19-13-14-36(22(19)27(40)33-20(15-18-11-12-18)23(37)26(32)39)28(41)24(30(5,6)7)35-29(42)34-21(17(3)4)25(38)31(8,9)10/h16-22,24H,11-15H2,1-10H3,(H2,32,39)(H,33,40)(H2,34,35,42)/t19-,20?,21+,22+,24-/m1/s1. The molecule has 2 rings (SSSR count). The Kier molecular flexibility index (Phi) is 11.4. The summed E-state index contributed by atoms with van der Waals surface area (Å²) < 4.78 is 0. The van der Waals surface area contributed by atoms with Crippen molar-refractivity contribution in [2.24, 2.45) is 40.2 Å². The van der Waals surface area contributed by atoms with Crippen LogP contribution in [-0.4, -0.2) is 70.9 Å². The number of carbonyl (C=O) groups is 6. The second-order valence-corrected chi connectivity index (χ2v) is 14.9. The van der Waals surface area contributed by atoms with Gasteiger partial charge in [-0.2, -0.15) is 0 Å². The maximum absolute atomic E-state index is 14.1. The molecule has 0 spiro atoms. The van der Waals surface area contributed by atoms with Gasteiger partial charge in [0.15, 0.2) is 5.78 Å². The van der Waals surface area contributed by atoms with Crippen LogP contribution >= 0.6 is 0 Å². The first kappa shape index (κ1) is 35.2. The van der Waals surface area contributed by atoms with Gasteiger partial charge >= 0.3 is 6.03 Å². The highest BCUT2D eigenvalue weighted by Crippen LogP contribution is 2.35. The minimum absolute atomic E-state index is 0.0480. The number of hydrogen-bond donors (Lipinski definition) is 4. The average Bonchev–Trinajstić information content (AvgIpc) is 3.55. The molecule has 1 aliphatic carbocycles. The third-order valence-corrected chi connectivity index (χ3v) is 8.36. The number of urea groups is 1. The van der Waals surface area contributed by atoms with Gasteiger partial charge in [-0.3, -0.25) is 24.0 Å². The van der Waals surface area contributed by atoms with Gasteiger partial charge in [-0.15, -0.1) is 0 Å². The molecule has 1 heterocycles. The van der Waals surface area contributed by atoms with Gasteiger partial charge in [0.1, 0.15) is 12.1 Å². The van der Waals surface area contributed by atoms with E-state index in [0.29, 0.717) is 19.4 Å². The smallest absolute Gasteiger partial charge is 0.316 e. The largest absolute Gasteiger partial charge is 0.363 e. The Balaban J connectivity index is 2.33. The van der Waals surface area contributed by atoms with Gasteiger partial charge in [0.2, 0.25) is 17.6 Å². The second kappa shape index (κ2) is 13.5. The predicted molar refractivity (Wildman–Crippen MR) is 160 cm³/mol. The van der Waals surface area contributed by atoms with Crippen molar-refractivity contribution in [2.45, 2.75) is 119 Å². The van der Waals surface area contributed by atoms with Gasteiger partial charge in [-0.1, -0.05) is 82.1 Å². The van der Waals surface area contributed by atoms with E-state index in [2.05, 4.69) is 16.0 Å². The third kappa shape index (κ3) is 9.01. The number of nitrogens with one attached hydrogen (secondary N) is 3. The van der Waals surface area contributed by atoms with E-state index in [4.69, 9.17) is 5.73 Å². The summed E-state index contributed by atoms with van der Waals surface area (Å²) in [6, 6.07) is -4.32. The zero-order valence-corrected chi connectivity index (χ0v) is 27.1. The van der Waals surface area contributed by atoms with Gasteiger partial charge in [-0.25, -0.2) is 4.79 Å². The zero-order chi connectivity index (χ0) is 32.3. The summed E-state index contributed by atoms with van der Waals surface area (Å²) in [5, 5.41) is 8.32. The molecule has 1 saturated carbocycles. The Bertz CT molecular complexity index is 1050. The number of rotatable bonds is 12. The Morgan fingerprint density at radius 2 is 1.43 bits per heavy atom. The lowest BCUT2D eigenvalue weighted by atomic mass is 9.82. The molecule has 1 saturated heterocycles.